The van der Waals surface area contributed by atoms with Crippen molar-refractivity contribution in [1.29, 1.82) is 0 Å². The molecule has 0 saturated heterocycles. The SMILES string of the molecule is Clc1ccc(-c2ccnc(Cl)c2Cl)c(Cl)c1Cl. The molecule has 1 aromatic heterocycles. The van der Waals surface area contributed by atoms with E-state index in [-0.39, 0.29) is 10.2 Å². The minimum Gasteiger partial charge on any atom is -0.243 e. The Hall–Kier alpha value is -0.180. The summed E-state index contributed by atoms with van der Waals surface area (Å²) >= 11 is 29.8. The molecule has 1 nitrogen and oxygen atoms in total. The summed E-state index contributed by atoms with van der Waals surface area (Å²) in [6.07, 6.45) is 1.54. The number of hydrogen-bond donors (Lipinski definition) is 0. The van der Waals surface area contributed by atoms with Crippen molar-refractivity contribution >= 4 is 58.0 Å². The fraction of sp³-hybridized carbons (Fsp3) is 0. The standard InChI is InChI=1S/C11H4Cl5N/c12-7-2-1-5(8(13)10(7)15)6-3-4-17-11(16)9(6)14/h1-4H. The van der Waals surface area contributed by atoms with Gasteiger partial charge in [0.25, 0.3) is 0 Å². The Bertz CT molecular complexity index is 582. The summed E-state index contributed by atoms with van der Waals surface area (Å²) in [7, 11) is 0. The summed E-state index contributed by atoms with van der Waals surface area (Å²) in [6.45, 7) is 0. The van der Waals surface area contributed by atoms with Crippen molar-refractivity contribution in [2.75, 3.05) is 0 Å². The highest BCUT2D eigenvalue weighted by Crippen LogP contribution is 2.41. The second-order valence-electron chi connectivity index (χ2n) is 3.19. The van der Waals surface area contributed by atoms with Gasteiger partial charge in [-0.25, -0.2) is 4.98 Å². The third kappa shape index (κ3) is 2.49. The van der Waals surface area contributed by atoms with Gasteiger partial charge in [0.05, 0.1) is 20.1 Å². The van der Waals surface area contributed by atoms with Crippen molar-refractivity contribution in [3.05, 3.63) is 49.6 Å². The van der Waals surface area contributed by atoms with Gasteiger partial charge in [0.2, 0.25) is 0 Å². The Morgan fingerprint density at radius 1 is 0.706 bits per heavy atom. The monoisotopic (exact) mass is 325 g/mol. The maximum Gasteiger partial charge on any atom is 0.148 e. The molecule has 0 aliphatic rings. The lowest BCUT2D eigenvalue weighted by atomic mass is 10.1. The molecule has 88 valence electrons. The normalized spacial score (nSPS) is 10.6. The zero-order valence-corrected chi connectivity index (χ0v) is 11.9. The highest BCUT2D eigenvalue weighted by atomic mass is 35.5. The van der Waals surface area contributed by atoms with E-state index in [4.69, 9.17) is 58.0 Å². The largest absolute Gasteiger partial charge is 0.243 e. The summed E-state index contributed by atoms with van der Waals surface area (Å²) in [5, 5.41) is 1.55. The summed E-state index contributed by atoms with van der Waals surface area (Å²) in [4.78, 5) is 3.87. The molecule has 0 unspecified atom stereocenters. The van der Waals surface area contributed by atoms with Gasteiger partial charge in [-0.3, -0.25) is 0 Å². The van der Waals surface area contributed by atoms with Crippen molar-refractivity contribution < 1.29 is 0 Å². The minimum absolute atomic E-state index is 0.214. The Balaban J connectivity index is 2.69. The summed E-state index contributed by atoms with van der Waals surface area (Å²) < 4.78 is 0. The molecule has 2 rings (SSSR count). The lowest BCUT2D eigenvalue weighted by molar-refractivity contribution is 1.33. The van der Waals surface area contributed by atoms with E-state index in [0.29, 0.717) is 26.2 Å². The number of aromatic nitrogens is 1. The molecular weight excluding hydrogens is 323 g/mol. The summed E-state index contributed by atoms with van der Waals surface area (Å²) in [5.41, 5.74) is 1.32. The van der Waals surface area contributed by atoms with E-state index in [0.717, 1.165) is 0 Å². The van der Waals surface area contributed by atoms with E-state index < -0.39 is 0 Å². The lowest BCUT2D eigenvalue weighted by Gasteiger charge is -2.09. The molecule has 0 radical (unpaired) electrons. The van der Waals surface area contributed by atoms with Gasteiger partial charge in [0.1, 0.15) is 5.15 Å². The number of benzene rings is 1. The van der Waals surface area contributed by atoms with E-state index >= 15 is 0 Å². The van der Waals surface area contributed by atoms with Gasteiger partial charge >= 0.3 is 0 Å². The number of rotatable bonds is 1. The maximum atomic E-state index is 6.12. The molecule has 0 fully saturated rings. The molecule has 0 bridgehead atoms. The van der Waals surface area contributed by atoms with Crippen molar-refractivity contribution in [2.24, 2.45) is 0 Å². The molecule has 17 heavy (non-hydrogen) atoms. The first-order chi connectivity index (χ1) is 8.02. The van der Waals surface area contributed by atoms with E-state index in [1.807, 2.05) is 0 Å². The first-order valence-corrected chi connectivity index (χ1v) is 6.35. The van der Waals surface area contributed by atoms with Gasteiger partial charge in [-0.1, -0.05) is 64.1 Å². The number of pyridine rings is 1. The van der Waals surface area contributed by atoms with E-state index in [9.17, 15) is 0 Å². The summed E-state index contributed by atoms with van der Waals surface area (Å²) in [5.74, 6) is 0. The summed E-state index contributed by atoms with van der Waals surface area (Å²) in [6, 6.07) is 5.09. The van der Waals surface area contributed by atoms with Crippen LogP contribution in [0.15, 0.2) is 24.4 Å². The van der Waals surface area contributed by atoms with E-state index in [2.05, 4.69) is 4.98 Å². The predicted molar refractivity (Wildman–Crippen MR) is 74.7 cm³/mol. The Kier molecular flexibility index (Phi) is 4.06. The van der Waals surface area contributed by atoms with Gasteiger partial charge in [-0.15, -0.1) is 0 Å². The molecule has 0 saturated carbocycles. The van der Waals surface area contributed by atoms with Crippen LogP contribution in [0.5, 0.6) is 0 Å². The van der Waals surface area contributed by atoms with Gasteiger partial charge in [0.15, 0.2) is 0 Å². The van der Waals surface area contributed by atoms with Gasteiger partial charge < -0.3 is 0 Å². The van der Waals surface area contributed by atoms with E-state index in [1.54, 1.807) is 24.4 Å². The Morgan fingerprint density at radius 2 is 1.35 bits per heavy atom. The van der Waals surface area contributed by atoms with Crippen LogP contribution in [0.3, 0.4) is 0 Å². The van der Waals surface area contributed by atoms with Crippen LogP contribution in [0.4, 0.5) is 0 Å². The van der Waals surface area contributed by atoms with Crippen LogP contribution >= 0.6 is 58.0 Å². The molecule has 0 amide bonds. The second kappa shape index (κ2) is 5.21. The molecule has 6 heteroatoms. The van der Waals surface area contributed by atoms with Gasteiger partial charge in [-0.05, 0) is 12.1 Å². The quantitative estimate of drug-likeness (QED) is 0.461. The molecular formula is C11H4Cl5N. The van der Waals surface area contributed by atoms with Crippen molar-refractivity contribution in [3.8, 4) is 11.1 Å². The topological polar surface area (TPSA) is 12.9 Å². The maximum absolute atomic E-state index is 6.12. The van der Waals surface area contributed by atoms with Crippen LogP contribution in [-0.4, -0.2) is 4.98 Å². The minimum atomic E-state index is 0.214. The fourth-order valence-electron chi connectivity index (χ4n) is 1.36. The number of hydrogen-bond acceptors (Lipinski definition) is 1. The zero-order chi connectivity index (χ0) is 12.6. The van der Waals surface area contributed by atoms with E-state index in [1.165, 1.54) is 0 Å². The highest BCUT2D eigenvalue weighted by molar-refractivity contribution is 6.49. The smallest absolute Gasteiger partial charge is 0.148 e. The first-order valence-electron chi connectivity index (χ1n) is 4.46. The van der Waals surface area contributed by atoms with Gasteiger partial charge in [0, 0.05) is 17.3 Å². The molecule has 2 aromatic rings. The Morgan fingerprint density at radius 3 is 2.06 bits per heavy atom. The molecule has 0 spiro atoms. The molecule has 1 heterocycles. The molecule has 1 aromatic carbocycles. The average molecular weight is 327 g/mol. The van der Waals surface area contributed by atoms with Crippen molar-refractivity contribution in [1.82, 2.24) is 4.98 Å². The highest BCUT2D eigenvalue weighted by Gasteiger charge is 2.14. The van der Waals surface area contributed by atoms with Crippen LogP contribution in [0.1, 0.15) is 0 Å². The fourth-order valence-corrected chi connectivity index (χ4v) is 2.37. The third-order valence-corrected chi connectivity index (χ3v) is 4.23. The van der Waals surface area contributed by atoms with Crippen LogP contribution in [-0.2, 0) is 0 Å². The first kappa shape index (κ1) is 13.3. The third-order valence-electron chi connectivity index (χ3n) is 2.17. The molecule has 0 atom stereocenters. The molecule has 0 N–H and O–H groups in total. The number of halogens is 5. The van der Waals surface area contributed by atoms with Crippen LogP contribution < -0.4 is 0 Å². The molecule has 0 aliphatic heterocycles. The van der Waals surface area contributed by atoms with Crippen molar-refractivity contribution in [2.45, 2.75) is 0 Å². The second-order valence-corrected chi connectivity index (χ2v) is 5.09. The molecule has 0 aliphatic carbocycles. The van der Waals surface area contributed by atoms with Gasteiger partial charge in [-0.2, -0.15) is 0 Å². The number of nitrogens with zero attached hydrogens (tertiary/aromatic N) is 1. The van der Waals surface area contributed by atoms with Crippen LogP contribution in [0.2, 0.25) is 25.2 Å². The van der Waals surface area contributed by atoms with Crippen LogP contribution in [0, 0.1) is 0 Å². The predicted octanol–water partition coefficient (Wildman–Crippen LogP) is 6.02. The Labute approximate surface area is 123 Å². The van der Waals surface area contributed by atoms with Crippen molar-refractivity contribution in [3.63, 3.8) is 0 Å². The average Bonchev–Trinajstić information content (AvgIpc) is 2.31. The lowest BCUT2D eigenvalue weighted by Crippen LogP contribution is -1.86. The van der Waals surface area contributed by atoms with Crippen LogP contribution in [0.25, 0.3) is 11.1 Å². The zero-order valence-electron chi connectivity index (χ0n) is 8.15.